The minimum atomic E-state index is -4.79. The number of anilines is 2. The first-order valence-corrected chi connectivity index (χ1v) is 11.4. The molecule has 2 aromatic rings. The van der Waals surface area contributed by atoms with Crippen molar-refractivity contribution in [1.82, 2.24) is 0 Å². The molecule has 3 rings (SSSR count). The zero-order chi connectivity index (χ0) is 25.6. The molecule has 0 atom stereocenters. The highest BCUT2D eigenvalue weighted by Gasteiger charge is 2.33. The largest absolute Gasteiger partial charge is 0.573 e. The molecule has 0 saturated carbocycles. The van der Waals surface area contributed by atoms with E-state index in [4.69, 9.17) is 16.3 Å². The van der Waals surface area contributed by atoms with E-state index in [2.05, 4.69) is 19.9 Å². The van der Waals surface area contributed by atoms with E-state index in [1.165, 1.54) is 24.3 Å². The molecule has 1 N–H and O–H groups in total. The Morgan fingerprint density at radius 1 is 1.11 bits per heavy atom. The van der Waals surface area contributed by atoms with Crippen molar-refractivity contribution in [2.24, 2.45) is 4.99 Å². The fourth-order valence-electron chi connectivity index (χ4n) is 3.74. The van der Waals surface area contributed by atoms with Crippen molar-refractivity contribution in [3.8, 4) is 11.5 Å². The number of nitrogens with zero attached hydrogens (tertiary/aromatic N) is 2. The molecule has 6 nitrogen and oxygen atoms in total. The van der Waals surface area contributed by atoms with Crippen LogP contribution in [0.15, 0.2) is 59.2 Å². The Kier molecular flexibility index (Phi) is 8.67. The van der Waals surface area contributed by atoms with Crippen LogP contribution >= 0.6 is 11.6 Å². The summed E-state index contributed by atoms with van der Waals surface area (Å²) in [4.78, 5) is 18.5. The molecular weight excluding hydrogens is 483 g/mol. The number of nitrogens with one attached hydrogen (secondary N) is 1. The number of amides is 1. The number of alkyl halides is 3. The number of carbonyl (C=O) groups is 1. The highest BCUT2D eigenvalue weighted by Crippen LogP contribution is 2.35. The molecule has 0 unspecified atom stereocenters. The number of piperidine rings is 1. The van der Waals surface area contributed by atoms with Crippen LogP contribution < -0.4 is 19.7 Å². The molecule has 1 fully saturated rings. The van der Waals surface area contributed by atoms with Gasteiger partial charge in [0, 0.05) is 49.1 Å². The summed E-state index contributed by atoms with van der Waals surface area (Å²) >= 11 is 6.48. The van der Waals surface area contributed by atoms with Gasteiger partial charge in [-0.25, -0.2) is 0 Å². The van der Waals surface area contributed by atoms with Crippen LogP contribution in [0.3, 0.4) is 0 Å². The van der Waals surface area contributed by atoms with Gasteiger partial charge in [0.05, 0.1) is 10.7 Å². The number of hydrogen-bond acceptors (Lipinski definition) is 5. The lowest BCUT2D eigenvalue weighted by atomic mass is 10.1. The summed E-state index contributed by atoms with van der Waals surface area (Å²) in [5.74, 6) is -0.598. The number of carbonyl (C=O) groups excluding carboxylic acids is 1. The standard InChI is InChI=1S/C25H27ClF3N3O3/c1-16(2)30-17(3)14-24(33)31-18-8-9-21(20(26)15-18)32-12-10-19(11-13-32)34-22-6-4-5-7-23(22)35-25(27,28)29/h4-9,14-15,19H,10-13H2,1-3H3,(H,31,33)/b17-14-. The van der Waals surface area contributed by atoms with Crippen molar-refractivity contribution in [1.29, 1.82) is 0 Å². The molecule has 2 aromatic carbocycles. The molecule has 0 aliphatic carbocycles. The fraction of sp³-hybridized carbons (Fsp3) is 0.360. The Labute approximate surface area is 207 Å². The van der Waals surface area contributed by atoms with Crippen molar-refractivity contribution < 1.29 is 27.4 Å². The molecule has 0 radical (unpaired) electrons. The first kappa shape index (κ1) is 26.4. The lowest BCUT2D eigenvalue weighted by Gasteiger charge is -2.34. The van der Waals surface area contributed by atoms with Gasteiger partial charge in [-0.05, 0) is 51.1 Å². The van der Waals surface area contributed by atoms with E-state index in [-0.39, 0.29) is 23.5 Å². The van der Waals surface area contributed by atoms with Crippen LogP contribution in [0.5, 0.6) is 11.5 Å². The van der Waals surface area contributed by atoms with E-state index in [0.717, 1.165) is 11.4 Å². The van der Waals surface area contributed by atoms with Crippen LogP contribution in [0.2, 0.25) is 5.02 Å². The molecule has 1 heterocycles. The second-order valence-corrected chi connectivity index (χ2v) is 8.71. The number of rotatable bonds is 7. The molecule has 0 aromatic heterocycles. The number of para-hydroxylation sites is 2. The normalized spacial score (nSPS) is 14.9. The topological polar surface area (TPSA) is 63.2 Å². The van der Waals surface area contributed by atoms with Crippen LogP contribution in [0, 0.1) is 0 Å². The molecule has 35 heavy (non-hydrogen) atoms. The minimum Gasteiger partial charge on any atom is -0.486 e. The lowest BCUT2D eigenvalue weighted by molar-refractivity contribution is -0.275. The Hall–Kier alpha value is -3.20. The van der Waals surface area contributed by atoms with Gasteiger partial charge in [0.1, 0.15) is 6.10 Å². The summed E-state index contributed by atoms with van der Waals surface area (Å²) in [5.41, 5.74) is 2.82. The summed E-state index contributed by atoms with van der Waals surface area (Å²) in [6.45, 7) is 6.66. The Morgan fingerprint density at radius 2 is 1.77 bits per heavy atom. The van der Waals surface area contributed by atoms with Crippen molar-refractivity contribution in [3.63, 3.8) is 0 Å². The summed E-state index contributed by atoms with van der Waals surface area (Å²) in [6, 6.07) is 11.0. The van der Waals surface area contributed by atoms with E-state index in [9.17, 15) is 18.0 Å². The predicted octanol–water partition coefficient (Wildman–Crippen LogP) is 6.61. The van der Waals surface area contributed by atoms with Gasteiger partial charge in [-0.15, -0.1) is 13.2 Å². The fourth-order valence-corrected chi connectivity index (χ4v) is 4.04. The second kappa shape index (κ2) is 11.5. The third-order valence-corrected chi connectivity index (χ3v) is 5.41. The van der Waals surface area contributed by atoms with Crippen LogP contribution in [-0.4, -0.2) is 37.2 Å². The van der Waals surface area contributed by atoms with Gasteiger partial charge in [0.15, 0.2) is 11.5 Å². The average molecular weight is 510 g/mol. The van der Waals surface area contributed by atoms with Gasteiger partial charge in [0.2, 0.25) is 5.91 Å². The number of ether oxygens (including phenoxy) is 2. The maximum Gasteiger partial charge on any atom is 0.573 e. The predicted molar refractivity (Wildman–Crippen MR) is 132 cm³/mol. The average Bonchev–Trinajstić information content (AvgIpc) is 2.74. The smallest absolute Gasteiger partial charge is 0.486 e. The van der Waals surface area contributed by atoms with E-state index in [1.807, 2.05) is 19.9 Å². The summed E-state index contributed by atoms with van der Waals surface area (Å²) in [6.07, 6.45) is -2.45. The van der Waals surface area contributed by atoms with Crippen molar-refractivity contribution in [2.45, 2.75) is 46.1 Å². The Balaban J connectivity index is 1.58. The highest BCUT2D eigenvalue weighted by molar-refractivity contribution is 6.33. The quantitative estimate of drug-likeness (QED) is 0.337. The molecule has 0 bridgehead atoms. The first-order chi connectivity index (χ1) is 16.5. The summed E-state index contributed by atoms with van der Waals surface area (Å²) in [5, 5.41) is 3.25. The molecular formula is C25H27ClF3N3O3. The highest BCUT2D eigenvalue weighted by atomic mass is 35.5. The molecule has 188 valence electrons. The first-order valence-electron chi connectivity index (χ1n) is 11.1. The van der Waals surface area contributed by atoms with Gasteiger partial charge >= 0.3 is 6.36 Å². The monoisotopic (exact) mass is 509 g/mol. The maximum absolute atomic E-state index is 12.6. The summed E-state index contributed by atoms with van der Waals surface area (Å²) < 4.78 is 47.8. The van der Waals surface area contributed by atoms with Gasteiger partial charge in [0.25, 0.3) is 0 Å². The lowest BCUT2D eigenvalue weighted by Crippen LogP contribution is -2.38. The van der Waals surface area contributed by atoms with Gasteiger partial charge < -0.3 is 19.7 Å². The molecule has 1 saturated heterocycles. The van der Waals surface area contributed by atoms with Gasteiger partial charge in [-0.1, -0.05) is 23.7 Å². The van der Waals surface area contributed by atoms with Gasteiger partial charge in [-0.3, -0.25) is 9.79 Å². The van der Waals surface area contributed by atoms with Crippen LogP contribution in [0.25, 0.3) is 0 Å². The number of allylic oxidation sites excluding steroid dienone is 1. The third-order valence-electron chi connectivity index (χ3n) is 5.11. The molecule has 10 heteroatoms. The Bertz CT molecular complexity index is 1110. The minimum absolute atomic E-state index is 0.0606. The summed E-state index contributed by atoms with van der Waals surface area (Å²) in [7, 11) is 0. The van der Waals surface area contributed by atoms with Crippen LogP contribution in [-0.2, 0) is 4.79 Å². The molecule has 1 aliphatic rings. The zero-order valence-electron chi connectivity index (χ0n) is 19.7. The number of halogens is 4. The van der Waals surface area contributed by atoms with Gasteiger partial charge in [-0.2, -0.15) is 0 Å². The Morgan fingerprint density at radius 3 is 2.37 bits per heavy atom. The van der Waals surface area contributed by atoms with Crippen LogP contribution in [0.1, 0.15) is 33.6 Å². The van der Waals surface area contributed by atoms with Crippen LogP contribution in [0.4, 0.5) is 24.5 Å². The van der Waals surface area contributed by atoms with E-state index >= 15 is 0 Å². The van der Waals surface area contributed by atoms with E-state index in [0.29, 0.717) is 42.3 Å². The SMILES string of the molecule is CC(C)=N/C(C)=C\C(=O)Nc1ccc(N2CCC(Oc3ccccc3OC(F)(F)F)CC2)c(Cl)c1. The van der Waals surface area contributed by atoms with E-state index < -0.39 is 6.36 Å². The number of hydrogen-bond donors (Lipinski definition) is 1. The van der Waals surface area contributed by atoms with Crippen molar-refractivity contribution >= 4 is 34.6 Å². The maximum atomic E-state index is 12.6. The molecule has 1 amide bonds. The van der Waals surface area contributed by atoms with Crippen molar-refractivity contribution in [2.75, 3.05) is 23.3 Å². The van der Waals surface area contributed by atoms with Crippen molar-refractivity contribution in [3.05, 3.63) is 59.3 Å². The zero-order valence-corrected chi connectivity index (χ0v) is 20.4. The number of benzene rings is 2. The third kappa shape index (κ3) is 8.20. The second-order valence-electron chi connectivity index (χ2n) is 8.30. The molecule has 0 spiro atoms. The molecule has 1 aliphatic heterocycles. The van der Waals surface area contributed by atoms with E-state index in [1.54, 1.807) is 25.1 Å². The number of aliphatic imine (C=N–C) groups is 1.